The van der Waals surface area contributed by atoms with Crippen molar-refractivity contribution in [2.75, 3.05) is 19.3 Å². The Morgan fingerprint density at radius 3 is 2.42 bits per heavy atom. The second-order valence-electron chi connectivity index (χ2n) is 5.67. The smallest absolute Gasteiger partial charge is 0.175 e. The van der Waals surface area contributed by atoms with Gasteiger partial charge in [0.25, 0.3) is 0 Å². The Balaban J connectivity index is 0.00000208. The fourth-order valence-corrected chi connectivity index (χ4v) is 3.23. The number of halogens is 2. The van der Waals surface area contributed by atoms with E-state index in [2.05, 4.69) is 5.32 Å². The highest BCUT2D eigenvalue weighted by atomic mass is 35.5. The fourth-order valence-electron chi connectivity index (χ4n) is 2.59. The van der Waals surface area contributed by atoms with E-state index >= 15 is 0 Å². The topological polar surface area (TPSA) is 55.4 Å². The van der Waals surface area contributed by atoms with Crippen molar-refractivity contribution in [1.82, 2.24) is 5.32 Å². The molecular weight excluding hydrogens is 353 g/mol. The van der Waals surface area contributed by atoms with Crippen molar-refractivity contribution in [1.29, 1.82) is 0 Å². The van der Waals surface area contributed by atoms with Crippen molar-refractivity contribution in [3.05, 3.63) is 48.3 Å². The van der Waals surface area contributed by atoms with Crippen LogP contribution in [0.3, 0.4) is 0 Å². The SMILES string of the molecule is CS(=O)(=O)c1ccc(-c2ccc(OC3CCNC3)cc2)c(F)c1.Cl. The van der Waals surface area contributed by atoms with Crippen molar-refractivity contribution in [2.24, 2.45) is 0 Å². The Morgan fingerprint density at radius 1 is 1.17 bits per heavy atom. The molecule has 1 atom stereocenters. The first kappa shape index (κ1) is 18.7. The van der Waals surface area contributed by atoms with Gasteiger partial charge in [0, 0.05) is 18.4 Å². The highest BCUT2D eigenvalue weighted by Crippen LogP contribution is 2.27. The Labute approximate surface area is 147 Å². The molecule has 3 rings (SSSR count). The maximum atomic E-state index is 14.2. The number of nitrogens with one attached hydrogen (secondary N) is 1. The summed E-state index contributed by atoms with van der Waals surface area (Å²) in [6.45, 7) is 1.80. The van der Waals surface area contributed by atoms with E-state index in [9.17, 15) is 12.8 Å². The number of benzene rings is 2. The van der Waals surface area contributed by atoms with Gasteiger partial charge in [-0.05, 0) is 42.8 Å². The minimum absolute atomic E-state index is 0. The van der Waals surface area contributed by atoms with Crippen LogP contribution in [0.5, 0.6) is 5.75 Å². The van der Waals surface area contributed by atoms with Gasteiger partial charge >= 0.3 is 0 Å². The van der Waals surface area contributed by atoms with Crippen LogP contribution in [-0.4, -0.2) is 33.9 Å². The molecule has 1 saturated heterocycles. The van der Waals surface area contributed by atoms with Crippen LogP contribution in [-0.2, 0) is 9.84 Å². The van der Waals surface area contributed by atoms with Gasteiger partial charge < -0.3 is 10.1 Å². The van der Waals surface area contributed by atoms with Gasteiger partial charge in [-0.15, -0.1) is 12.4 Å². The van der Waals surface area contributed by atoms with Crippen LogP contribution in [0.4, 0.5) is 4.39 Å². The van der Waals surface area contributed by atoms with E-state index in [1.54, 1.807) is 24.3 Å². The summed E-state index contributed by atoms with van der Waals surface area (Å²) in [7, 11) is -3.41. The zero-order valence-corrected chi connectivity index (χ0v) is 14.8. The molecule has 4 nitrogen and oxygen atoms in total. The largest absolute Gasteiger partial charge is 0.489 e. The molecule has 1 aliphatic rings. The van der Waals surface area contributed by atoms with Crippen LogP contribution in [0.15, 0.2) is 47.4 Å². The maximum absolute atomic E-state index is 14.2. The van der Waals surface area contributed by atoms with Gasteiger partial charge in [-0.25, -0.2) is 12.8 Å². The number of sulfone groups is 1. The molecule has 0 aliphatic carbocycles. The van der Waals surface area contributed by atoms with E-state index in [1.165, 1.54) is 12.1 Å². The first-order valence-electron chi connectivity index (χ1n) is 7.41. The second-order valence-corrected chi connectivity index (χ2v) is 7.69. The van der Waals surface area contributed by atoms with Gasteiger partial charge in [0.2, 0.25) is 0 Å². The molecule has 1 N–H and O–H groups in total. The maximum Gasteiger partial charge on any atom is 0.175 e. The lowest BCUT2D eigenvalue weighted by atomic mass is 10.1. The van der Waals surface area contributed by atoms with Crippen molar-refractivity contribution in [2.45, 2.75) is 17.4 Å². The molecule has 0 bridgehead atoms. The molecule has 0 amide bonds. The zero-order chi connectivity index (χ0) is 16.4. The van der Waals surface area contributed by atoms with Crippen LogP contribution in [0, 0.1) is 5.82 Å². The van der Waals surface area contributed by atoms with Gasteiger partial charge in [-0.2, -0.15) is 0 Å². The first-order valence-corrected chi connectivity index (χ1v) is 9.30. The van der Waals surface area contributed by atoms with Gasteiger partial charge in [-0.3, -0.25) is 0 Å². The van der Waals surface area contributed by atoms with E-state index in [1.807, 2.05) is 0 Å². The quantitative estimate of drug-likeness (QED) is 0.897. The Hall–Kier alpha value is -1.63. The lowest BCUT2D eigenvalue weighted by Gasteiger charge is -2.13. The molecule has 0 radical (unpaired) electrons. The molecule has 1 fully saturated rings. The van der Waals surface area contributed by atoms with E-state index in [4.69, 9.17) is 4.74 Å². The summed E-state index contributed by atoms with van der Waals surface area (Å²) in [5, 5.41) is 3.23. The van der Waals surface area contributed by atoms with Crippen LogP contribution >= 0.6 is 12.4 Å². The normalized spacial score (nSPS) is 17.3. The molecule has 7 heteroatoms. The predicted molar refractivity (Wildman–Crippen MR) is 94.1 cm³/mol. The average molecular weight is 372 g/mol. The summed E-state index contributed by atoms with van der Waals surface area (Å²) >= 11 is 0. The molecule has 24 heavy (non-hydrogen) atoms. The summed E-state index contributed by atoms with van der Waals surface area (Å²) < 4.78 is 42.9. The van der Waals surface area contributed by atoms with Crippen LogP contribution < -0.4 is 10.1 Å². The molecule has 130 valence electrons. The molecule has 1 unspecified atom stereocenters. The third-order valence-electron chi connectivity index (χ3n) is 3.85. The molecule has 0 spiro atoms. The number of hydrogen-bond donors (Lipinski definition) is 1. The average Bonchev–Trinajstić information content (AvgIpc) is 3.00. The Kier molecular flexibility index (Phi) is 5.85. The molecule has 1 heterocycles. The molecule has 0 saturated carbocycles. The summed E-state index contributed by atoms with van der Waals surface area (Å²) in [5.41, 5.74) is 1.05. The lowest BCUT2D eigenvalue weighted by Crippen LogP contribution is -2.19. The molecule has 2 aromatic carbocycles. The summed E-state index contributed by atoms with van der Waals surface area (Å²) in [6.07, 6.45) is 2.21. The number of ether oxygens (including phenoxy) is 1. The second kappa shape index (κ2) is 7.51. The number of hydrogen-bond acceptors (Lipinski definition) is 4. The van der Waals surface area contributed by atoms with Crippen molar-refractivity contribution < 1.29 is 17.5 Å². The first-order chi connectivity index (χ1) is 10.9. The van der Waals surface area contributed by atoms with Gasteiger partial charge in [0.15, 0.2) is 9.84 Å². The Bertz CT molecular complexity index is 803. The van der Waals surface area contributed by atoms with E-state index in [-0.39, 0.29) is 23.4 Å². The predicted octanol–water partition coefficient (Wildman–Crippen LogP) is 3.06. The van der Waals surface area contributed by atoms with E-state index < -0.39 is 15.7 Å². The molecule has 0 aromatic heterocycles. The lowest BCUT2D eigenvalue weighted by molar-refractivity contribution is 0.223. The highest BCUT2D eigenvalue weighted by Gasteiger charge is 2.16. The molecule has 1 aliphatic heterocycles. The molecular formula is C17H19ClFNO3S. The van der Waals surface area contributed by atoms with Gasteiger partial charge in [0.05, 0.1) is 4.90 Å². The fraction of sp³-hybridized carbons (Fsp3) is 0.294. The van der Waals surface area contributed by atoms with Crippen molar-refractivity contribution in [3.8, 4) is 16.9 Å². The van der Waals surface area contributed by atoms with Crippen LogP contribution in [0.2, 0.25) is 0 Å². The highest BCUT2D eigenvalue weighted by molar-refractivity contribution is 7.90. The Morgan fingerprint density at radius 2 is 1.88 bits per heavy atom. The zero-order valence-electron chi connectivity index (χ0n) is 13.2. The summed E-state index contributed by atoms with van der Waals surface area (Å²) in [5.74, 6) is 0.192. The van der Waals surface area contributed by atoms with Crippen molar-refractivity contribution >= 4 is 22.2 Å². The van der Waals surface area contributed by atoms with Crippen molar-refractivity contribution in [3.63, 3.8) is 0 Å². The third-order valence-corrected chi connectivity index (χ3v) is 4.96. The number of rotatable bonds is 4. The summed E-state index contributed by atoms with van der Waals surface area (Å²) in [6, 6.07) is 11.1. The summed E-state index contributed by atoms with van der Waals surface area (Å²) in [4.78, 5) is -0.0209. The molecule has 2 aromatic rings. The third kappa shape index (κ3) is 4.26. The van der Waals surface area contributed by atoms with E-state index in [0.717, 1.165) is 37.6 Å². The monoisotopic (exact) mass is 371 g/mol. The van der Waals surface area contributed by atoms with Gasteiger partial charge in [-0.1, -0.05) is 18.2 Å². The minimum Gasteiger partial charge on any atom is -0.489 e. The van der Waals surface area contributed by atoms with Gasteiger partial charge in [0.1, 0.15) is 17.7 Å². The van der Waals surface area contributed by atoms with Crippen LogP contribution in [0.1, 0.15) is 6.42 Å². The van der Waals surface area contributed by atoms with E-state index in [0.29, 0.717) is 11.1 Å². The standard InChI is InChI=1S/C17H18FNO3S.ClH/c1-23(20,21)15-6-7-16(17(18)10-15)12-2-4-13(5-3-12)22-14-8-9-19-11-14;/h2-7,10,14,19H,8-9,11H2,1H3;1H. The van der Waals surface area contributed by atoms with Crippen LogP contribution in [0.25, 0.3) is 11.1 Å². The minimum atomic E-state index is -3.41.